The van der Waals surface area contributed by atoms with E-state index in [4.69, 9.17) is 4.42 Å². The monoisotopic (exact) mass is 292 g/mol. The number of nitrogens with one attached hydrogen (secondary N) is 1. The first kappa shape index (κ1) is 12.8. The molecule has 7 nitrogen and oxygen atoms in total. The molecule has 8 heteroatoms. The van der Waals surface area contributed by atoms with Crippen LogP contribution in [0.3, 0.4) is 0 Å². The van der Waals surface area contributed by atoms with E-state index >= 15 is 0 Å². The molecule has 3 heterocycles. The van der Waals surface area contributed by atoms with Crippen LogP contribution in [0, 0.1) is 6.92 Å². The second-order valence-corrected chi connectivity index (χ2v) is 5.61. The second-order valence-electron chi connectivity index (χ2n) is 4.74. The van der Waals surface area contributed by atoms with Gasteiger partial charge in [-0.2, -0.15) is 0 Å². The van der Waals surface area contributed by atoms with Gasteiger partial charge in [0.1, 0.15) is 11.5 Å². The van der Waals surface area contributed by atoms with Crippen LogP contribution < -0.4 is 5.32 Å². The standard InChI is InChI=1S/C12H12N4O3S/c1-7-3-4-9(19-7)12(2)10(17)16(11(18)14-12)6-8-5-13-15-20-8/h3-5H,6H2,1-2H3,(H,14,18). The van der Waals surface area contributed by atoms with Crippen LogP contribution in [0.5, 0.6) is 0 Å². The summed E-state index contributed by atoms with van der Waals surface area (Å²) in [5.74, 6) is 0.775. The number of hydrogen-bond acceptors (Lipinski definition) is 6. The lowest BCUT2D eigenvalue weighted by Gasteiger charge is -2.18. The number of amides is 3. The maximum absolute atomic E-state index is 12.5. The smallest absolute Gasteiger partial charge is 0.325 e. The summed E-state index contributed by atoms with van der Waals surface area (Å²) in [7, 11) is 0. The predicted molar refractivity (Wildman–Crippen MR) is 69.8 cm³/mol. The van der Waals surface area contributed by atoms with E-state index in [0.717, 1.165) is 21.3 Å². The van der Waals surface area contributed by atoms with Gasteiger partial charge in [0.15, 0.2) is 5.54 Å². The first-order valence-electron chi connectivity index (χ1n) is 5.98. The Hall–Kier alpha value is -2.22. The zero-order chi connectivity index (χ0) is 14.3. The molecule has 3 rings (SSSR count). The summed E-state index contributed by atoms with van der Waals surface area (Å²) in [6.07, 6.45) is 1.54. The highest BCUT2D eigenvalue weighted by molar-refractivity contribution is 7.05. The summed E-state index contributed by atoms with van der Waals surface area (Å²) in [6, 6.07) is 3.01. The number of nitrogens with zero attached hydrogens (tertiary/aromatic N) is 3. The first-order chi connectivity index (χ1) is 9.50. The van der Waals surface area contributed by atoms with Crippen molar-refractivity contribution in [1.29, 1.82) is 0 Å². The summed E-state index contributed by atoms with van der Waals surface area (Å²) >= 11 is 1.16. The predicted octanol–water partition coefficient (Wildman–Crippen LogP) is 1.41. The summed E-state index contributed by atoms with van der Waals surface area (Å²) in [4.78, 5) is 26.4. The van der Waals surface area contributed by atoms with E-state index in [0.29, 0.717) is 11.5 Å². The molecule has 0 bridgehead atoms. The highest BCUT2D eigenvalue weighted by Crippen LogP contribution is 2.31. The number of aryl methyl sites for hydroxylation is 1. The van der Waals surface area contributed by atoms with E-state index in [-0.39, 0.29) is 12.5 Å². The van der Waals surface area contributed by atoms with E-state index in [9.17, 15) is 9.59 Å². The average molecular weight is 292 g/mol. The Morgan fingerprint density at radius 1 is 1.45 bits per heavy atom. The molecule has 1 unspecified atom stereocenters. The Balaban J connectivity index is 1.90. The van der Waals surface area contributed by atoms with Gasteiger partial charge >= 0.3 is 6.03 Å². The van der Waals surface area contributed by atoms with Crippen molar-refractivity contribution in [3.63, 3.8) is 0 Å². The number of rotatable bonds is 3. The van der Waals surface area contributed by atoms with Crippen LogP contribution in [0.4, 0.5) is 4.79 Å². The Labute approximate surface area is 118 Å². The van der Waals surface area contributed by atoms with Crippen molar-refractivity contribution in [3.05, 3.63) is 34.7 Å². The fourth-order valence-corrected chi connectivity index (χ4v) is 2.60. The van der Waals surface area contributed by atoms with Crippen LogP contribution in [-0.4, -0.2) is 26.4 Å². The van der Waals surface area contributed by atoms with E-state index in [1.54, 1.807) is 26.0 Å². The third-order valence-corrected chi connectivity index (χ3v) is 3.87. The number of carbonyl (C=O) groups is 2. The zero-order valence-corrected chi connectivity index (χ0v) is 11.7. The molecule has 0 radical (unpaired) electrons. The molecule has 2 aromatic heterocycles. The van der Waals surface area contributed by atoms with Crippen LogP contribution in [-0.2, 0) is 16.9 Å². The second kappa shape index (κ2) is 4.41. The van der Waals surface area contributed by atoms with E-state index in [2.05, 4.69) is 14.9 Å². The summed E-state index contributed by atoms with van der Waals surface area (Å²) in [6.45, 7) is 3.59. The largest absolute Gasteiger partial charge is 0.463 e. The number of carbonyl (C=O) groups excluding carboxylic acids is 2. The lowest BCUT2D eigenvalue weighted by atomic mass is 9.99. The van der Waals surface area contributed by atoms with Gasteiger partial charge in [-0.3, -0.25) is 9.69 Å². The molecule has 0 spiro atoms. The Kier molecular flexibility index (Phi) is 2.82. The van der Waals surface area contributed by atoms with Crippen molar-refractivity contribution < 1.29 is 14.0 Å². The van der Waals surface area contributed by atoms with Crippen LogP contribution >= 0.6 is 11.5 Å². The highest BCUT2D eigenvalue weighted by atomic mass is 32.1. The Morgan fingerprint density at radius 2 is 2.25 bits per heavy atom. The SMILES string of the molecule is Cc1ccc(C2(C)NC(=O)N(Cc3cnns3)C2=O)o1. The van der Waals surface area contributed by atoms with Crippen LogP contribution in [0.25, 0.3) is 0 Å². The molecule has 1 aliphatic heterocycles. The number of urea groups is 1. The molecule has 1 atom stereocenters. The lowest BCUT2D eigenvalue weighted by molar-refractivity contribution is -0.132. The van der Waals surface area contributed by atoms with Crippen molar-refractivity contribution in [1.82, 2.24) is 19.8 Å². The molecular weight excluding hydrogens is 280 g/mol. The molecule has 1 N–H and O–H groups in total. The van der Waals surface area contributed by atoms with Gasteiger partial charge in [-0.1, -0.05) is 4.49 Å². The molecular formula is C12H12N4O3S. The zero-order valence-electron chi connectivity index (χ0n) is 10.9. The van der Waals surface area contributed by atoms with Gasteiger partial charge < -0.3 is 9.73 Å². The molecule has 20 heavy (non-hydrogen) atoms. The molecule has 0 aromatic carbocycles. The Bertz CT molecular complexity index is 666. The van der Waals surface area contributed by atoms with Gasteiger partial charge in [0, 0.05) is 0 Å². The van der Waals surface area contributed by atoms with Crippen molar-refractivity contribution in [3.8, 4) is 0 Å². The summed E-state index contributed by atoms with van der Waals surface area (Å²) in [5, 5.41) is 6.37. The number of aromatic nitrogens is 2. The molecule has 0 aliphatic carbocycles. The van der Waals surface area contributed by atoms with Gasteiger partial charge in [-0.15, -0.1) is 5.10 Å². The summed E-state index contributed by atoms with van der Waals surface area (Å²) in [5.41, 5.74) is -1.16. The van der Waals surface area contributed by atoms with Gasteiger partial charge in [0.2, 0.25) is 0 Å². The van der Waals surface area contributed by atoms with Crippen LogP contribution in [0.15, 0.2) is 22.7 Å². The number of furan rings is 1. The normalized spacial score (nSPS) is 22.4. The van der Waals surface area contributed by atoms with E-state index < -0.39 is 11.6 Å². The van der Waals surface area contributed by atoms with Gasteiger partial charge in [0.25, 0.3) is 5.91 Å². The van der Waals surface area contributed by atoms with Gasteiger partial charge in [0.05, 0.1) is 17.6 Å². The fraction of sp³-hybridized carbons (Fsp3) is 0.333. The Morgan fingerprint density at radius 3 is 2.85 bits per heavy atom. The van der Waals surface area contributed by atoms with Crippen molar-refractivity contribution in [2.24, 2.45) is 0 Å². The molecule has 1 aliphatic rings. The van der Waals surface area contributed by atoms with Crippen molar-refractivity contribution in [2.45, 2.75) is 25.9 Å². The molecule has 0 saturated carbocycles. The minimum atomic E-state index is -1.16. The fourth-order valence-electron chi connectivity index (χ4n) is 2.12. The lowest BCUT2D eigenvalue weighted by Crippen LogP contribution is -2.40. The quantitative estimate of drug-likeness (QED) is 0.864. The van der Waals surface area contributed by atoms with Crippen LogP contribution in [0.1, 0.15) is 23.3 Å². The summed E-state index contributed by atoms with van der Waals surface area (Å²) < 4.78 is 9.20. The molecule has 3 amide bonds. The number of imide groups is 1. The van der Waals surface area contributed by atoms with Gasteiger partial charge in [-0.25, -0.2) is 4.79 Å². The maximum atomic E-state index is 12.5. The first-order valence-corrected chi connectivity index (χ1v) is 6.75. The molecule has 104 valence electrons. The third-order valence-electron chi connectivity index (χ3n) is 3.23. The molecule has 1 saturated heterocycles. The average Bonchev–Trinajstić information content (AvgIpc) is 3.09. The molecule has 2 aromatic rings. The topological polar surface area (TPSA) is 88.3 Å². The minimum absolute atomic E-state index is 0.164. The minimum Gasteiger partial charge on any atom is -0.463 e. The molecule has 1 fully saturated rings. The highest BCUT2D eigenvalue weighted by Gasteiger charge is 2.51. The number of hydrogen-bond donors (Lipinski definition) is 1. The van der Waals surface area contributed by atoms with Crippen molar-refractivity contribution >= 4 is 23.5 Å². The van der Waals surface area contributed by atoms with Crippen molar-refractivity contribution in [2.75, 3.05) is 0 Å². The van der Waals surface area contributed by atoms with Crippen LogP contribution in [0.2, 0.25) is 0 Å². The maximum Gasteiger partial charge on any atom is 0.325 e. The van der Waals surface area contributed by atoms with Gasteiger partial charge in [-0.05, 0) is 37.5 Å². The van der Waals surface area contributed by atoms with E-state index in [1.165, 1.54) is 6.20 Å². The van der Waals surface area contributed by atoms with E-state index in [1.807, 2.05) is 0 Å². The third kappa shape index (κ3) is 1.88.